The van der Waals surface area contributed by atoms with Crippen molar-refractivity contribution in [3.05, 3.63) is 95.0 Å². The highest BCUT2D eigenvalue weighted by Gasteiger charge is 2.43. The third kappa shape index (κ3) is 5.67. The summed E-state index contributed by atoms with van der Waals surface area (Å²) in [6, 6.07) is 22.1. The zero-order chi connectivity index (χ0) is 24.9. The maximum absolute atomic E-state index is 13.4. The van der Waals surface area contributed by atoms with E-state index in [-0.39, 0.29) is 18.2 Å². The van der Waals surface area contributed by atoms with Crippen LogP contribution in [0.25, 0.3) is 0 Å². The third-order valence-corrected chi connectivity index (χ3v) is 6.39. The van der Waals surface area contributed by atoms with Gasteiger partial charge < -0.3 is 16.0 Å². The van der Waals surface area contributed by atoms with Gasteiger partial charge >= 0.3 is 0 Å². The van der Waals surface area contributed by atoms with Gasteiger partial charge in [-0.3, -0.25) is 19.3 Å². The van der Waals surface area contributed by atoms with Gasteiger partial charge in [0.15, 0.2) is 5.11 Å². The van der Waals surface area contributed by atoms with Crippen molar-refractivity contribution in [2.75, 3.05) is 16.8 Å². The zero-order valence-corrected chi connectivity index (χ0v) is 20.3. The number of nitrogens with one attached hydrogen (secondary N) is 1. The molecule has 0 saturated carbocycles. The Bertz CT molecular complexity index is 1250. The second-order valence-electron chi connectivity index (χ2n) is 8.07. The third-order valence-electron chi connectivity index (χ3n) is 5.72. The normalized spacial score (nSPS) is 15.4. The molecule has 1 fully saturated rings. The number of para-hydroxylation sites is 1. The molecule has 35 heavy (non-hydrogen) atoms. The van der Waals surface area contributed by atoms with Crippen LogP contribution in [0.2, 0.25) is 5.02 Å². The minimum absolute atomic E-state index is 0.0828. The standard InChI is InChI=1S/C26H23ClN4O3S/c27-19-10-6-17(7-11-19)14-15-30-22(25(34)31(26(30)35)21-4-2-1-3-5-21)16-23(32)29-20-12-8-18(9-13-20)24(28)33/h1-13,22H,14-16H2,(H2,28,33)(H,29,32). The van der Waals surface area contributed by atoms with Crippen LogP contribution in [-0.4, -0.2) is 40.3 Å². The van der Waals surface area contributed by atoms with Crippen molar-refractivity contribution in [1.29, 1.82) is 0 Å². The van der Waals surface area contributed by atoms with Gasteiger partial charge in [-0.05, 0) is 72.7 Å². The van der Waals surface area contributed by atoms with E-state index >= 15 is 0 Å². The highest BCUT2D eigenvalue weighted by Crippen LogP contribution is 2.27. The molecule has 3 N–H and O–H groups in total. The van der Waals surface area contributed by atoms with Gasteiger partial charge in [-0.1, -0.05) is 41.9 Å². The maximum atomic E-state index is 13.4. The molecule has 1 aliphatic rings. The summed E-state index contributed by atoms with van der Waals surface area (Å²) in [5, 5.41) is 3.79. The summed E-state index contributed by atoms with van der Waals surface area (Å²) < 4.78 is 0. The van der Waals surface area contributed by atoms with E-state index in [0.29, 0.717) is 40.0 Å². The fourth-order valence-electron chi connectivity index (χ4n) is 3.91. The molecule has 0 spiro atoms. The molecule has 1 saturated heterocycles. The highest BCUT2D eigenvalue weighted by molar-refractivity contribution is 7.80. The molecule has 3 amide bonds. The Labute approximate surface area is 213 Å². The molecule has 0 bridgehead atoms. The predicted octanol–water partition coefficient (Wildman–Crippen LogP) is 4.01. The van der Waals surface area contributed by atoms with Crippen molar-refractivity contribution >= 4 is 58.0 Å². The number of benzene rings is 3. The monoisotopic (exact) mass is 506 g/mol. The lowest BCUT2D eigenvalue weighted by Gasteiger charge is -2.24. The average molecular weight is 507 g/mol. The van der Waals surface area contributed by atoms with E-state index in [0.717, 1.165) is 5.56 Å². The molecule has 178 valence electrons. The summed E-state index contributed by atoms with van der Waals surface area (Å²) >= 11 is 11.7. The van der Waals surface area contributed by atoms with Gasteiger partial charge in [0.1, 0.15) is 6.04 Å². The summed E-state index contributed by atoms with van der Waals surface area (Å²) in [6.07, 6.45) is 0.542. The molecular weight excluding hydrogens is 484 g/mol. The second kappa shape index (κ2) is 10.7. The first-order valence-electron chi connectivity index (χ1n) is 11.0. The van der Waals surface area contributed by atoms with Gasteiger partial charge in [-0.25, -0.2) is 0 Å². The van der Waals surface area contributed by atoms with Gasteiger partial charge in [-0.15, -0.1) is 0 Å². The number of primary amides is 1. The van der Waals surface area contributed by atoms with E-state index in [1.165, 1.54) is 17.0 Å². The van der Waals surface area contributed by atoms with Crippen molar-refractivity contribution in [3.63, 3.8) is 0 Å². The first-order chi connectivity index (χ1) is 16.8. The Morgan fingerprint density at radius 3 is 2.26 bits per heavy atom. The van der Waals surface area contributed by atoms with Crippen LogP contribution in [0.15, 0.2) is 78.9 Å². The predicted molar refractivity (Wildman–Crippen MR) is 140 cm³/mol. The molecule has 1 heterocycles. The fourth-order valence-corrected chi connectivity index (χ4v) is 4.45. The van der Waals surface area contributed by atoms with E-state index in [1.54, 1.807) is 17.0 Å². The summed E-state index contributed by atoms with van der Waals surface area (Å²) in [5.41, 5.74) is 7.80. The number of nitrogens with two attached hydrogens (primary N) is 1. The van der Waals surface area contributed by atoms with E-state index in [1.807, 2.05) is 54.6 Å². The average Bonchev–Trinajstić information content (AvgIpc) is 3.08. The number of carbonyl (C=O) groups is 3. The van der Waals surface area contributed by atoms with E-state index in [9.17, 15) is 14.4 Å². The van der Waals surface area contributed by atoms with Crippen LogP contribution in [0.5, 0.6) is 0 Å². The van der Waals surface area contributed by atoms with Gasteiger partial charge in [0, 0.05) is 22.8 Å². The highest BCUT2D eigenvalue weighted by atomic mass is 35.5. The molecule has 0 aliphatic carbocycles. The number of nitrogens with zero attached hydrogens (tertiary/aromatic N) is 2. The molecule has 3 aromatic carbocycles. The minimum atomic E-state index is -0.750. The number of hydrogen-bond donors (Lipinski definition) is 2. The number of anilines is 2. The number of halogens is 1. The van der Waals surface area contributed by atoms with Crippen LogP contribution in [0.3, 0.4) is 0 Å². The van der Waals surface area contributed by atoms with Crippen LogP contribution in [-0.2, 0) is 16.0 Å². The number of amides is 3. The van der Waals surface area contributed by atoms with E-state index in [4.69, 9.17) is 29.6 Å². The van der Waals surface area contributed by atoms with E-state index < -0.39 is 11.9 Å². The number of thiocarbonyl (C=S) groups is 1. The summed E-state index contributed by atoms with van der Waals surface area (Å²) in [4.78, 5) is 40.9. The van der Waals surface area contributed by atoms with Crippen LogP contribution in [0.1, 0.15) is 22.3 Å². The smallest absolute Gasteiger partial charge is 0.256 e. The van der Waals surface area contributed by atoms with E-state index in [2.05, 4.69) is 5.32 Å². The molecule has 1 unspecified atom stereocenters. The van der Waals surface area contributed by atoms with Gasteiger partial charge in [0.05, 0.1) is 12.1 Å². The summed E-state index contributed by atoms with van der Waals surface area (Å²) in [5.74, 6) is -1.15. The first-order valence-corrected chi connectivity index (χ1v) is 11.8. The van der Waals surface area contributed by atoms with Gasteiger partial charge in [0.25, 0.3) is 5.91 Å². The number of rotatable bonds is 8. The van der Waals surface area contributed by atoms with Crippen LogP contribution in [0, 0.1) is 0 Å². The lowest BCUT2D eigenvalue weighted by molar-refractivity contribution is -0.124. The van der Waals surface area contributed by atoms with Crippen molar-refractivity contribution in [2.45, 2.75) is 18.9 Å². The Kier molecular flexibility index (Phi) is 7.43. The first kappa shape index (κ1) is 24.4. The number of carbonyl (C=O) groups excluding carboxylic acids is 3. The molecule has 1 atom stereocenters. The van der Waals surface area contributed by atoms with Crippen molar-refractivity contribution in [3.8, 4) is 0 Å². The Morgan fingerprint density at radius 2 is 1.63 bits per heavy atom. The minimum Gasteiger partial charge on any atom is -0.366 e. The molecule has 7 nitrogen and oxygen atoms in total. The lowest BCUT2D eigenvalue weighted by Crippen LogP contribution is -2.39. The van der Waals surface area contributed by atoms with Gasteiger partial charge in [-0.2, -0.15) is 0 Å². The summed E-state index contributed by atoms with van der Waals surface area (Å²) in [7, 11) is 0. The largest absolute Gasteiger partial charge is 0.366 e. The molecule has 0 aromatic heterocycles. The molecule has 1 aliphatic heterocycles. The zero-order valence-electron chi connectivity index (χ0n) is 18.7. The Balaban J connectivity index is 1.52. The fraction of sp³-hybridized carbons (Fsp3) is 0.154. The Hall–Kier alpha value is -3.75. The van der Waals surface area contributed by atoms with Crippen LogP contribution in [0.4, 0.5) is 11.4 Å². The van der Waals surface area contributed by atoms with Crippen molar-refractivity contribution in [1.82, 2.24) is 4.90 Å². The second-order valence-corrected chi connectivity index (χ2v) is 8.87. The maximum Gasteiger partial charge on any atom is 0.256 e. The molecular formula is C26H23ClN4O3S. The molecule has 3 aromatic rings. The van der Waals surface area contributed by atoms with Crippen molar-refractivity contribution < 1.29 is 14.4 Å². The molecule has 0 radical (unpaired) electrons. The number of hydrogen-bond acceptors (Lipinski definition) is 4. The SMILES string of the molecule is NC(=O)c1ccc(NC(=O)CC2C(=O)N(c3ccccc3)C(=S)N2CCc2ccc(Cl)cc2)cc1. The van der Waals surface area contributed by atoms with Crippen molar-refractivity contribution in [2.24, 2.45) is 5.73 Å². The lowest BCUT2D eigenvalue weighted by atomic mass is 10.1. The van der Waals surface area contributed by atoms with Gasteiger partial charge in [0.2, 0.25) is 11.8 Å². The van der Waals surface area contributed by atoms with Crippen LogP contribution < -0.4 is 16.0 Å². The quantitative estimate of drug-likeness (QED) is 0.450. The van der Waals surface area contributed by atoms with Crippen LogP contribution >= 0.6 is 23.8 Å². The molecule has 9 heteroatoms. The summed E-state index contributed by atoms with van der Waals surface area (Å²) in [6.45, 7) is 0.459. The molecule has 4 rings (SSSR count). The topological polar surface area (TPSA) is 95.7 Å². The Morgan fingerprint density at radius 1 is 0.971 bits per heavy atom.